The second-order valence-electron chi connectivity index (χ2n) is 5.94. The van der Waals surface area contributed by atoms with E-state index in [-0.39, 0.29) is 0 Å². The first-order valence-electron chi connectivity index (χ1n) is 8.02. The lowest BCUT2D eigenvalue weighted by Gasteiger charge is -2.38. The second-order valence-corrected chi connectivity index (χ2v) is 5.94. The summed E-state index contributed by atoms with van der Waals surface area (Å²) in [6.07, 6.45) is 5.83. The van der Waals surface area contributed by atoms with E-state index in [4.69, 9.17) is 0 Å². The molecule has 0 saturated carbocycles. The van der Waals surface area contributed by atoms with Crippen LogP contribution in [0.5, 0.6) is 0 Å². The molecule has 1 aromatic heterocycles. The number of pyridine rings is 1. The standard InChI is InChI=1S/C16H26N4/c1-2-7-17-12-14-5-3-8-18-16(14)20-11-10-19-9-4-6-15(19)13-20/h3,5,8,15,17H,2,4,6-7,9-13H2,1H3. The van der Waals surface area contributed by atoms with Crippen LogP contribution in [0.4, 0.5) is 5.82 Å². The van der Waals surface area contributed by atoms with Crippen molar-refractivity contribution in [2.24, 2.45) is 0 Å². The van der Waals surface area contributed by atoms with Gasteiger partial charge >= 0.3 is 0 Å². The molecule has 1 unspecified atom stereocenters. The molecule has 3 rings (SSSR count). The highest BCUT2D eigenvalue weighted by Gasteiger charge is 2.31. The van der Waals surface area contributed by atoms with Gasteiger partial charge in [-0.05, 0) is 38.4 Å². The van der Waals surface area contributed by atoms with Crippen molar-refractivity contribution in [3.63, 3.8) is 0 Å². The number of anilines is 1. The molecule has 0 bridgehead atoms. The van der Waals surface area contributed by atoms with Crippen LogP contribution in [0.2, 0.25) is 0 Å². The lowest BCUT2D eigenvalue weighted by molar-refractivity contribution is 0.230. The van der Waals surface area contributed by atoms with Crippen LogP contribution in [0.3, 0.4) is 0 Å². The van der Waals surface area contributed by atoms with E-state index in [9.17, 15) is 0 Å². The molecule has 4 nitrogen and oxygen atoms in total. The van der Waals surface area contributed by atoms with Gasteiger partial charge in [-0.1, -0.05) is 13.0 Å². The number of hydrogen-bond donors (Lipinski definition) is 1. The van der Waals surface area contributed by atoms with Crippen molar-refractivity contribution < 1.29 is 0 Å². The maximum Gasteiger partial charge on any atom is 0.133 e. The van der Waals surface area contributed by atoms with Crippen LogP contribution < -0.4 is 10.2 Å². The minimum atomic E-state index is 0.752. The number of nitrogens with zero attached hydrogens (tertiary/aromatic N) is 3. The van der Waals surface area contributed by atoms with Gasteiger partial charge in [-0.15, -0.1) is 0 Å². The predicted molar refractivity (Wildman–Crippen MR) is 83.0 cm³/mol. The van der Waals surface area contributed by atoms with Crippen LogP contribution in [0.1, 0.15) is 31.7 Å². The quantitative estimate of drug-likeness (QED) is 0.831. The van der Waals surface area contributed by atoms with E-state index >= 15 is 0 Å². The van der Waals surface area contributed by atoms with Gasteiger partial charge in [0, 0.05) is 44.0 Å². The minimum absolute atomic E-state index is 0.752. The summed E-state index contributed by atoms with van der Waals surface area (Å²) >= 11 is 0. The van der Waals surface area contributed by atoms with Gasteiger partial charge in [-0.3, -0.25) is 4.90 Å². The van der Waals surface area contributed by atoms with E-state index in [1.54, 1.807) is 0 Å². The lowest BCUT2D eigenvalue weighted by Crippen LogP contribution is -2.50. The smallest absolute Gasteiger partial charge is 0.133 e. The van der Waals surface area contributed by atoms with Crippen LogP contribution in [-0.2, 0) is 6.54 Å². The molecule has 0 amide bonds. The van der Waals surface area contributed by atoms with Gasteiger partial charge < -0.3 is 10.2 Å². The average molecular weight is 274 g/mol. The minimum Gasteiger partial charge on any atom is -0.353 e. The molecular formula is C16H26N4. The Morgan fingerprint density at radius 2 is 2.30 bits per heavy atom. The SMILES string of the molecule is CCCNCc1cccnc1N1CCN2CCCC2C1. The summed E-state index contributed by atoms with van der Waals surface area (Å²) in [5, 5.41) is 3.50. The molecular weight excluding hydrogens is 248 g/mol. The number of rotatable bonds is 5. The molecule has 2 aliphatic rings. The summed E-state index contributed by atoms with van der Waals surface area (Å²) in [6, 6.07) is 5.02. The fourth-order valence-corrected chi connectivity index (χ4v) is 3.44. The van der Waals surface area contributed by atoms with E-state index < -0.39 is 0 Å². The Bertz CT molecular complexity index is 434. The highest BCUT2D eigenvalue weighted by atomic mass is 15.3. The van der Waals surface area contributed by atoms with Crippen molar-refractivity contribution in [1.29, 1.82) is 0 Å². The third kappa shape index (κ3) is 2.96. The molecule has 1 aromatic rings. The summed E-state index contributed by atoms with van der Waals surface area (Å²) in [5.41, 5.74) is 1.34. The van der Waals surface area contributed by atoms with Crippen molar-refractivity contribution in [3.8, 4) is 0 Å². The normalized spacial score (nSPS) is 23.1. The lowest BCUT2D eigenvalue weighted by atomic mass is 10.1. The van der Waals surface area contributed by atoms with Crippen molar-refractivity contribution in [2.45, 2.75) is 38.8 Å². The molecule has 4 heteroatoms. The van der Waals surface area contributed by atoms with Crippen LogP contribution in [-0.4, -0.2) is 48.6 Å². The fraction of sp³-hybridized carbons (Fsp3) is 0.688. The number of aromatic nitrogens is 1. The van der Waals surface area contributed by atoms with Gasteiger partial charge in [-0.25, -0.2) is 4.98 Å². The Hall–Kier alpha value is -1.13. The number of nitrogens with one attached hydrogen (secondary N) is 1. The maximum atomic E-state index is 4.66. The molecule has 20 heavy (non-hydrogen) atoms. The zero-order chi connectivity index (χ0) is 13.8. The molecule has 110 valence electrons. The van der Waals surface area contributed by atoms with Gasteiger partial charge in [0.1, 0.15) is 5.82 Å². The van der Waals surface area contributed by atoms with Gasteiger partial charge in [0.25, 0.3) is 0 Å². The number of fused-ring (bicyclic) bond motifs is 1. The van der Waals surface area contributed by atoms with E-state index in [0.717, 1.165) is 32.2 Å². The van der Waals surface area contributed by atoms with Crippen LogP contribution in [0, 0.1) is 0 Å². The topological polar surface area (TPSA) is 31.4 Å². The van der Waals surface area contributed by atoms with E-state index in [1.165, 1.54) is 43.7 Å². The fourth-order valence-electron chi connectivity index (χ4n) is 3.44. The monoisotopic (exact) mass is 274 g/mol. The molecule has 0 radical (unpaired) electrons. The van der Waals surface area contributed by atoms with E-state index in [0.29, 0.717) is 0 Å². The maximum absolute atomic E-state index is 4.66. The number of hydrogen-bond acceptors (Lipinski definition) is 4. The third-order valence-electron chi connectivity index (χ3n) is 4.50. The Morgan fingerprint density at radius 3 is 3.20 bits per heavy atom. The largest absolute Gasteiger partial charge is 0.353 e. The molecule has 0 spiro atoms. The van der Waals surface area contributed by atoms with Crippen LogP contribution in [0.15, 0.2) is 18.3 Å². The summed E-state index contributed by atoms with van der Waals surface area (Å²) in [4.78, 5) is 9.81. The summed E-state index contributed by atoms with van der Waals surface area (Å²) < 4.78 is 0. The van der Waals surface area contributed by atoms with Crippen molar-refractivity contribution in [2.75, 3.05) is 37.6 Å². The average Bonchev–Trinajstić information content (AvgIpc) is 2.95. The Morgan fingerprint density at radius 1 is 1.35 bits per heavy atom. The van der Waals surface area contributed by atoms with Crippen molar-refractivity contribution in [1.82, 2.24) is 15.2 Å². The Balaban J connectivity index is 1.69. The van der Waals surface area contributed by atoms with Gasteiger partial charge in [0.15, 0.2) is 0 Å². The highest BCUT2D eigenvalue weighted by molar-refractivity contribution is 5.47. The summed E-state index contributed by atoms with van der Waals surface area (Å²) in [6.45, 7) is 8.98. The predicted octanol–water partition coefficient (Wildman–Crippen LogP) is 1.87. The molecule has 1 N–H and O–H groups in total. The van der Waals surface area contributed by atoms with Gasteiger partial charge in [-0.2, -0.15) is 0 Å². The zero-order valence-electron chi connectivity index (χ0n) is 12.5. The van der Waals surface area contributed by atoms with Gasteiger partial charge in [0.2, 0.25) is 0 Å². The number of piperazine rings is 1. The molecule has 3 heterocycles. The third-order valence-corrected chi connectivity index (χ3v) is 4.50. The molecule has 2 aliphatic heterocycles. The molecule has 0 aromatic carbocycles. The molecule has 0 aliphatic carbocycles. The van der Waals surface area contributed by atoms with E-state index in [1.807, 2.05) is 6.20 Å². The Labute approximate surface area is 122 Å². The first kappa shape index (κ1) is 13.8. The van der Waals surface area contributed by atoms with Crippen molar-refractivity contribution >= 4 is 5.82 Å². The summed E-state index contributed by atoms with van der Waals surface area (Å²) in [5.74, 6) is 1.20. The molecule has 1 atom stereocenters. The first-order chi connectivity index (χ1) is 9.88. The van der Waals surface area contributed by atoms with Gasteiger partial charge in [0.05, 0.1) is 0 Å². The zero-order valence-corrected chi connectivity index (χ0v) is 12.5. The van der Waals surface area contributed by atoms with Crippen molar-refractivity contribution in [3.05, 3.63) is 23.9 Å². The van der Waals surface area contributed by atoms with Crippen LogP contribution >= 0.6 is 0 Å². The van der Waals surface area contributed by atoms with E-state index in [2.05, 4.69) is 39.2 Å². The first-order valence-corrected chi connectivity index (χ1v) is 8.02. The highest BCUT2D eigenvalue weighted by Crippen LogP contribution is 2.26. The summed E-state index contributed by atoms with van der Waals surface area (Å²) in [7, 11) is 0. The molecule has 2 fully saturated rings. The van der Waals surface area contributed by atoms with Crippen LogP contribution in [0.25, 0.3) is 0 Å². The molecule has 2 saturated heterocycles. The Kier molecular flexibility index (Phi) is 4.53. The second kappa shape index (κ2) is 6.55.